The van der Waals surface area contributed by atoms with E-state index in [4.69, 9.17) is 0 Å². The molecule has 0 aliphatic heterocycles. The lowest BCUT2D eigenvalue weighted by Gasteiger charge is -2.62. The summed E-state index contributed by atoms with van der Waals surface area (Å²) < 4.78 is 0. The fourth-order valence-electron chi connectivity index (χ4n) is 9.80. The molecule has 0 radical (unpaired) electrons. The SMILES string of the molecule is CC(C)CCC[C@@H](C)[C@H]1CC[C@H]2[C@@H]3CCC4CCC(N(C)C)C[C@]4(C)[C@H]3CC[C@]12C. The zero-order chi connectivity index (χ0) is 21.7. The molecule has 9 atom stereocenters. The van der Waals surface area contributed by atoms with E-state index in [1.807, 2.05) is 0 Å². The van der Waals surface area contributed by atoms with Crippen LogP contribution in [-0.4, -0.2) is 25.0 Å². The summed E-state index contributed by atoms with van der Waals surface area (Å²) in [5, 5.41) is 0. The highest BCUT2D eigenvalue weighted by molar-refractivity contribution is 5.10. The highest BCUT2D eigenvalue weighted by Crippen LogP contribution is 2.68. The quantitative estimate of drug-likeness (QED) is 0.424. The standard InChI is InChI=1S/C29H53N/c1-20(2)9-8-10-21(3)25-15-16-26-24-14-12-22-11-13-23(30(6)7)19-29(22,5)27(24)17-18-28(25,26)4/h20-27H,8-19H2,1-7H3/t21-,22?,23?,24+,25-,26+,27+,28-,29+/m1/s1. The Morgan fingerprint density at radius 2 is 1.50 bits per heavy atom. The molecule has 0 N–H and O–H groups in total. The van der Waals surface area contributed by atoms with Crippen molar-refractivity contribution in [3.8, 4) is 0 Å². The molecule has 0 bridgehead atoms. The molecule has 0 heterocycles. The molecule has 1 nitrogen and oxygen atoms in total. The number of fused-ring (bicyclic) bond motifs is 5. The Kier molecular flexibility index (Phi) is 6.72. The largest absolute Gasteiger partial charge is 0.306 e. The van der Waals surface area contributed by atoms with Gasteiger partial charge in [-0.05, 0) is 124 Å². The van der Waals surface area contributed by atoms with Gasteiger partial charge in [0, 0.05) is 6.04 Å². The van der Waals surface area contributed by atoms with Crippen LogP contribution in [0.3, 0.4) is 0 Å². The van der Waals surface area contributed by atoms with Gasteiger partial charge < -0.3 is 4.90 Å². The second-order valence-electron chi connectivity index (χ2n) is 13.6. The second-order valence-corrected chi connectivity index (χ2v) is 13.6. The predicted molar refractivity (Wildman–Crippen MR) is 131 cm³/mol. The monoisotopic (exact) mass is 415 g/mol. The first kappa shape index (κ1) is 23.1. The lowest BCUT2D eigenvalue weighted by Crippen LogP contribution is -2.55. The van der Waals surface area contributed by atoms with Crippen LogP contribution in [0.2, 0.25) is 0 Å². The average Bonchev–Trinajstić information content (AvgIpc) is 3.04. The fourth-order valence-corrected chi connectivity index (χ4v) is 9.80. The van der Waals surface area contributed by atoms with Gasteiger partial charge in [0.25, 0.3) is 0 Å². The number of hydrogen-bond donors (Lipinski definition) is 0. The van der Waals surface area contributed by atoms with E-state index >= 15 is 0 Å². The Morgan fingerprint density at radius 3 is 2.20 bits per heavy atom. The van der Waals surface area contributed by atoms with E-state index in [9.17, 15) is 0 Å². The van der Waals surface area contributed by atoms with E-state index in [-0.39, 0.29) is 0 Å². The number of hydrogen-bond acceptors (Lipinski definition) is 1. The zero-order valence-corrected chi connectivity index (χ0v) is 21.6. The van der Waals surface area contributed by atoms with Gasteiger partial charge >= 0.3 is 0 Å². The molecule has 0 saturated heterocycles. The molecule has 4 fully saturated rings. The molecule has 4 rings (SSSR count). The van der Waals surface area contributed by atoms with Crippen molar-refractivity contribution in [1.82, 2.24) is 4.90 Å². The van der Waals surface area contributed by atoms with Crippen LogP contribution in [0.15, 0.2) is 0 Å². The normalized spacial score (nSPS) is 47.1. The lowest BCUT2D eigenvalue weighted by molar-refractivity contribution is -0.124. The van der Waals surface area contributed by atoms with Gasteiger partial charge in [0.15, 0.2) is 0 Å². The minimum absolute atomic E-state index is 0.623. The average molecular weight is 416 g/mol. The first-order valence-corrected chi connectivity index (χ1v) is 13.8. The summed E-state index contributed by atoms with van der Waals surface area (Å²) in [7, 11) is 4.66. The van der Waals surface area contributed by atoms with Crippen molar-refractivity contribution in [2.75, 3.05) is 14.1 Å². The maximum atomic E-state index is 2.75. The zero-order valence-electron chi connectivity index (χ0n) is 21.6. The van der Waals surface area contributed by atoms with Crippen molar-refractivity contribution in [2.45, 2.75) is 118 Å². The summed E-state index contributed by atoms with van der Waals surface area (Å²) >= 11 is 0. The summed E-state index contributed by atoms with van der Waals surface area (Å²) in [5.74, 6) is 6.93. The lowest BCUT2D eigenvalue weighted by atomic mass is 9.44. The Bertz CT molecular complexity index is 581. The van der Waals surface area contributed by atoms with Crippen LogP contribution in [0.5, 0.6) is 0 Å². The molecule has 0 spiro atoms. The van der Waals surface area contributed by atoms with E-state index < -0.39 is 0 Å². The Hall–Kier alpha value is -0.0400. The van der Waals surface area contributed by atoms with Crippen molar-refractivity contribution in [2.24, 2.45) is 52.3 Å². The van der Waals surface area contributed by atoms with Gasteiger partial charge in [-0.1, -0.05) is 53.9 Å². The second kappa shape index (κ2) is 8.72. The third-order valence-electron chi connectivity index (χ3n) is 11.5. The maximum Gasteiger partial charge on any atom is 0.00946 e. The molecule has 0 aromatic rings. The summed E-state index contributed by atoms with van der Waals surface area (Å²) in [6, 6.07) is 0.829. The Labute approximate surface area is 189 Å². The maximum absolute atomic E-state index is 2.75. The van der Waals surface area contributed by atoms with Crippen LogP contribution < -0.4 is 0 Å². The van der Waals surface area contributed by atoms with Crippen LogP contribution in [0.1, 0.15) is 112 Å². The fraction of sp³-hybridized carbons (Fsp3) is 1.00. The van der Waals surface area contributed by atoms with Crippen LogP contribution in [0.25, 0.3) is 0 Å². The van der Waals surface area contributed by atoms with E-state index in [0.717, 1.165) is 47.5 Å². The first-order chi connectivity index (χ1) is 14.2. The Morgan fingerprint density at radius 1 is 0.800 bits per heavy atom. The van der Waals surface area contributed by atoms with Crippen LogP contribution in [-0.2, 0) is 0 Å². The molecule has 0 amide bonds. The van der Waals surface area contributed by atoms with Crippen LogP contribution >= 0.6 is 0 Å². The summed E-state index contributed by atoms with van der Waals surface area (Å²) in [6.45, 7) is 12.9. The number of rotatable bonds is 6. The van der Waals surface area contributed by atoms with Crippen molar-refractivity contribution in [3.05, 3.63) is 0 Å². The van der Waals surface area contributed by atoms with Gasteiger partial charge in [-0.3, -0.25) is 0 Å². The Balaban J connectivity index is 1.48. The first-order valence-electron chi connectivity index (χ1n) is 13.8. The molecule has 30 heavy (non-hydrogen) atoms. The molecule has 4 aliphatic rings. The smallest absolute Gasteiger partial charge is 0.00946 e. The molecule has 174 valence electrons. The van der Waals surface area contributed by atoms with Crippen molar-refractivity contribution in [3.63, 3.8) is 0 Å². The molecule has 0 aromatic heterocycles. The predicted octanol–water partition coefficient (Wildman–Crippen LogP) is 8.04. The van der Waals surface area contributed by atoms with Gasteiger partial charge in [-0.15, -0.1) is 0 Å². The van der Waals surface area contributed by atoms with Crippen LogP contribution in [0.4, 0.5) is 0 Å². The summed E-state index contributed by atoms with van der Waals surface area (Å²) in [6.07, 6.45) is 18.0. The van der Waals surface area contributed by atoms with Crippen LogP contribution in [0, 0.1) is 52.3 Å². The molecular weight excluding hydrogens is 362 g/mol. The highest BCUT2D eigenvalue weighted by atomic mass is 15.1. The molecule has 4 saturated carbocycles. The van der Waals surface area contributed by atoms with E-state index in [1.54, 1.807) is 25.7 Å². The van der Waals surface area contributed by atoms with Crippen molar-refractivity contribution in [1.29, 1.82) is 0 Å². The van der Waals surface area contributed by atoms with E-state index in [1.165, 1.54) is 51.4 Å². The number of nitrogens with zero attached hydrogens (tertiary/aromatic N) is 1. The highest BCUT2D eigenvalue weighted by Gasteiger charge is 2.60. The van der Waals surface area contributed by atoms with Gasteiger partial charge in [-0.25, -0.2) is 0 Å². The van der Waals surface area contributed by atoms with E-state index in [0.29, 0.717) is 10.8 Å². The summed E-state index contributed by atoms with van der Waals surface area (Å²) in [5.41, 5.74) is 1.27. The van der Waals surface area contributed by atoms with Crippen molar-refractivity contribution < 1.29 is 0 Å². The van der Waals surface area contributed by atoms with Gasteiger partial charge in [-0.2, -0.15) is 0 Å². The third-order valence-corrected chi connectivity index (χ3v) is 11.5. The third kappa shape index (κ3) is 3.92. The van der Waals surface area contributed by atoms with Crippen molar-refractivity contribution >= 4 is 0 Å². The topological polar surface area (TPSA) is 3.24 Å². The minimum Gasteiger partial charge on any atom is -0.306 e. The van der Waals surface area contributed by atoms with E-state index in [2.05, 4.69) is 53.6 Å². The van der Waals surface area contributed by atoms with Gasteiger partial charge in [0.05, 0.1) is 0 Å². The molecular formula is C29H53N. The molecule has 2 unspecified atom stereocenters. The van der Waals surface area contributed by atoms with Gasteiger partial charge in [0.1, 0.15) is 0 Å². The minimum atomic E-state index is 0.623. The molecule has 1 heteroatoms. The summed E-state index contributed by atoms with van der Waals surface area (Å²) in [4.78, 5) is 2.54. The molecule has 0 aromatic carbocycles. The van der Waals surface area contributed by atoms with Gasteiger partial charge in [0.2, 0.25) is 0 Å². The molecule has 4 aliphatic carbocycles.